The molecule has 1 amide bonds. The van der Waals surface area contributed by atoms with Crippen molar-refractivity contribution >= 4 is 46.6 Å². The Hall–Kier alpha value is -3.00. The summed E-state index contributed by atoms with van der Waals surface area (Å²) in [4.78, 5) is 12.5. The maximum atomic E-state index is 12.5. The van der Waals surface area contributed by atoms with Crippen molar-refractivity contribution in [3.8, 4) is 11.4 Å². The van der Waals surface area contributed by atoms with E-state index in [1.165, 1.54) is 11.8 Å². The molecule has 3 aromatic carbocycles. The first-order valence-corrected chi connectivity index (χ1v) is 12.2. The van der Waals surface area contributed by atoms with Crippen LogP contribution in [0.3, 0.4) is 0 Å². The number of hydrogen-bond donors (Lipinski definition) is 1. The van der Waals surface area contributed by atoms with E-state index in [0.717, 1.165) is 16.8 Å². The molecule has 6 nitrogen and oxygen atoms in total. The number of anilines is 1. The van der Waals surface area contributed by atoms with E-state index in [1.54, 1.807) is 12.1 Å². The highest BCUT2D eigenvalue weighted by molar-refractivity contribution is 7.99. The molecule has 4 aromatic rings. The molecule has 0 aliphatic heterocycles. The van der Waals surface area contributed by atoms with E-state index in [9.17, 15) is 4.79 Å². The van der Waals surface area contributed by atoms with Crippen LogP contribution in [0.2, 0.25) is 10.0 Å². The number of rotatable bonds is 8. The first-order chi connectivity index (χ1) is 16.4. The van der Waals surface area contributed by atoms with Crippen molar-refractivity contribution in [1.82, 2.24) is 14.8 Å². The van der Waals surface area contributed by atoms with Gasteiger partial charge in [0.1, 0.15) is 12.4 Å². The summed E-state index contributed by atoms with van der Waals surface area (Å²) in [5.41, 5.74) is 3.42. The number of para-hydroxylation sites is 1. The molecule has 0 saturated carbocycles. The smallest absolute Gasteiger partial charge is 0.234 e. The fraction of sp³-hybridized carbons (Fsp3) is 0.160. The van der Waals surface area contributed by atoms with Crippen LogP contribution in [0, 0.1) is 13.8 Å². The maximum Gasteiger partial charge on any atom is 0.234 e. The van der Waals surface area contributed by atoms with Gasteiger partial charge in [-0.2, -0.15) is 0 Å². The Labute approximate surface area is 212 Å². The van der Waals surface area contributed by atoms with Crippen LogP contribution in [0.25, 0.3) is 5.69 Å². The number of thioether (sulfide) groups is 1. The molecule has 9 heteroatoms. The van der Waals surface area contributed by atoms with Gasteiger partial charge >= 0.3 is 0 Å². The van der Waals surface area contributed by atoms with Gasteiger partial charge in [0, 0.05) is 21.4 Å². The molecular weight excluding hydrogens is 491 g/mol. The van der Waals surface area contributed by atoms with Crippen molar-refractivity contribution in [1.29, 1.82) is 0 Å². The SMILES string of the molecule is Cc1cc(OCc2nnc(SCC(=O)Nc3ccc(C)c(Cl)c3)n2-c2ccccc2)ccc1Cl. The minimum atomic E-state index is -0.165. The van der Waals surface area contributed by atoms with Crippen molar-refractivity contribution in [3.05, 3.63) is 93.7 Å². The summed E-state index contributed by atoms with van der Waals surface area (Å²) in [6.07, 6.45) is 0. The fourth-order valence-corrected chi connectivity index (χ4v) is 4.25. The number of ether oxygens (including phenoxy) is 1. The Morgan fingerprint density at radius 1 is 0.971 bits per heavy atom. The van der Waals surface area contributed by atoms with E-state index in [1.807, 2.05) is 73.0 Å². The summed E-state index contributed by atoms with van der Waals surface area (Å²) in [5, 5.41) is 13.4. The molecule has 0 saturated heterocycles. The van der Waals surface area contributed by atoms with Crippen molar-refractivity contribution in [2.45, 2.75) is 25.6 Å². The third kappa shape index (κ3) is 5.91. The Kier molecular flexibility index (Phi) is 7.77. The number of aromatic nitrogens is 3. The van der Waals surface area contributed by atoms with E-state index >= 15 is 0 Å². The molecule has 1 N–H and O–H groups in total. The lowest BCUT2D eigenvalue weighted by Gasteiger charge is -2.12. The van der Waals surface area contributed by atoms with Crippen LogP contribution in [-0.4, -0.2) is 26.4 Å². The lowest BCUT2D eigenvalue weighted by atomic mass is 10.2. The first kappa shape index (κ1) is 24.1. The van der Waals surface area contributed by atoms with Crippen LogP contribution in [0.5, 0.6) is 5.75 Å². The summed E-state index contributed by atoms with van der Waals surface area (Å²) in [6, 6.07) is 20.6. The number of halogens is 2. The third-order valence-corrected chi connectivity index (χ3v) is 6.76. The number of carbonyl (C=O) groups excluding carboxylic acids is 1. The van der Waals surface area contributed by atoms with Gasteiger partial charge in [-0.25, -0.2) is 0 Å². The van der Waals surface area contributed by atoms with Gasteiger partial charge in [0.05, 0.1) is 5.75 Å². The highest BCUT2D eigenvalue weighted by Crippen LogP contribution is 2.25. The molecule has 0 bridgehead atoms. The van der Waals surface area contributed by atoms with Gasteiger partial charge < -0.3 is 10.1 Å². The zero-order valence-electron chi connectivity index (χ0n) is 18.6. The molecule has 1 aromatic heterocycles. The molecule has 0 spiro atoms. The van der Waals surface area contributed by atoms with Gasteiger partial charge in [0.25, 0.3) is 0 Å². The Balaban J connectivity index is 1.49. The second-order valence-electron chi connectivity index (χ2n) is 7.57. The molecule has 0 aliphatic carbocycles. The van der Waals surface area contributed by atoms with E-state index < -0.39 is 0 Å². The molecular formula is C25H22Cl2N4O2S. The monoisotopic (exact) mass is 512 g/mol. The minimum absolute atomic E-state index is 0.160. The number of nitrogens with one attached hydrogen (secondary N) is 1. The molecule has 174 valence electrons. The lowest BCUT2D eigenvalue weighted by Crippen LogP contribution is -2.15. The van der Waals surface area contributed by atoms with Crippen LogP contribution >= 0.6 is 35.0 Å². The van der Waals surface area contributed by atoms with Gasteiger partial charge in [0.2, 0.25) is 5.91 Å². The van der Waals surface area contributed by atoms with Gasteiger partial charge in [-0.15, -0.1) is 10.2 Å². The predicted molar refractivity (Wildman–Crippen MR) is 137 cm³/mol. The average Bonchev–Trinajstić information content (AvgIpc) is 3.24. The van der Waals surface area contributed by atoms with Crippen LogP contribution in [0.15, 0.2) is 71.9 Å². The van der Waals surface area contributed by atoms with Crippen LogP contribution in [0.1, 0.15) is 17.0 Å². The standard InChI is InChI=1S/C25H22Cl2N4O2S/c1-16-8-9-18(13-22(16)27)28-24(32)15-34-25-30-29-23(31(25)19-6-4-3-5-7-19)14-33-20-10-11-21(26)17(2)12-20/h3-13H,14-15H2,1-2H3,(H,28,32). The van der Waals surface area contributed by atoms with Crippen LogP contribution < -0.4 is 10.1 Å². The molecule has 0 aliphatic rings. The summed E-state index contributed by atoms with van der Waals surface area (Å²) in [5.74, 6) is 1.30. The van der Waals surface area contributed by atoms with E-state index in [0.29, 0.717) is 32.5 Å². The fourth-order valence-electron chi connectivity index (χ4n) is 3.18. The molecule has 0 radical (unpaired) electrons. The molecule has 0 atom stereocenters. The van der Waals surface area contributed by atoms with Gasteiger partial charge in [-0.05, 0) is 67.4 Å². The Morgan fingerprint density at radius 2 is 1.76 bits per heavy atom. The third-order valence-electron chi connectivity index (χ3n) is 5.00. The van der Waals surface area contributed by atoms with E-state index in [4.69, 9.17) is 27.9 Å². The van der Waals surface area contributed by atoms with Gasteiger partial charge in [-0.3, -0.25) is 9.36 Å². The minimum Gasteiger partial charge on any atom is -0.486 e. The summed E-state index contributed by atoms with van der Waals surface area (Å²) < 4.78 is 7.84. The van der Waals surface area contributed by atoms with Crippen molar-refractivity contribution in [2.24, 2.45) is 0 Å². The van der Waals surface area contributed by atoms with Crippen molar-refractivity contribution in [3.63, 3.8) is 0 Å². The summed E-state index contributed by atoms with van der Waals surface area (Å²) in [6.45, 7) is 4.04. The highest BCUT2D eigenvalue weighted by Gasteiger charge is 2.17. The zero-order chi connectivity index (χ0) is 24.1. The zero-order valence-corrected chi connectivity index (χ0v) is 20.9. The number of hydrogen-bond acceptors (Lipinski definition) is 5. The van der Waals surface area contributed by atoms with Crippen LogP contribution in [0.4, 0.5) is 5.69 Å². The number of carbonyl (C=O) groups is 1. The molecule has 1 heterocycles. The second kappa shape index (κ2) is 11.0. The van der Waals surface area contributed by atoms with Crippen molar-refractivity contribution < 1.29 is 9.53 Å². The van der Waals surface area contributed by atoms with Crippen LogP contribution in [-0.2, 0) is 11.4 Å². The normalized spacial score (nSPS) is 10.8. The average molecular weight is 513 g/mol. The number of aryl methyl sites for hydroxylation is 2. The molecule has 4 rings (SSSR count). The summed E-state index contributed by atoms with van der Waals surface area (Å²) in [7, 11) is 0. The first-order valence-electron chi connectivity index (χ1n) is 10.5. The largest absolute Gasteiger partial charge is 0.486 e. The van der Waals surface area contributed by atoms with E-state index in [-0.39, 0.29) is 18.3 Å². The Bertz CT molecular complexity index is 1310. The molecule has 0 unspecified atom stereocenters. The highest BCUT2D eigenvalue weighted by atomic mass is 35.5. The van der Waals surface area contributed by atoms with Crippen molar-refractivity contribution in [2.75, 3.05) is 11.1 Å². The van der Waals surface area contributed by atoms with Gasteiger partial charge in [-0.1, -0.05) is 59.2 Å². The Morgan fingerprint density at radius 3 is 2.50 bits per heavy atom. The van der Waals surface area contributed by atoms with E-state index in [2.05, 4.69) is 15.5 Å². The number of amides is 1. The summed E-state index contributed by atoms with van der Waals surface area (Å²) >= 11 is 13.6. The van der Waals surface area contributed by atoms with Gasteiger partial charge in [0.15, 0.2) is 11.0 Å². The molecule has 34 heavy (non-hydrogen) atoms. The lowest BCUT2D eigenvalue weighted by molar-refractivity contribution is -0.113. The quantitative estimate of drug-likeness (QED) is 0.273. The number of nitrogens with zero attached hydrogens (tertiary/aromatic N) is 3. The maximum absolute atomic E-state index is 12.5. The topological polar surface area (TPSA) is 69.0 Å². The number of benzene rings is 3. The molecule has 0 fully saturated rings. The second-order valence-corrected chi connectivity index (χ2v) is 9.33. The predicted octanol–water partition coefficient (Wildman–Crippen LogP) is 6.50.